The lowest BCUT2D eigenvalue weighted by Gasteiger charge is -2.11. The maximum absolute atomic E-state index is 5.99. The van der Waals surface area contributed by atoms with Crippen molar-refractivity contribution in [1.82, 2.24) is 15.6 Å². The first-order valence-electron chi connectivity index (χ1n) is 7.71. The Hall–Kier alpha value is -0.860. The van der Waals surface area contributed by atoms with Crippen LogP contribution in [0.3, 0.4) is 0 Å². The first kappa shape index (κ1) is 21.2. The molecule has 2 N–H and O–H groups in total. The number of guanidine groups is 1. The van der Waals surface area contributed by atoms with E-state index in [4.69, 9.17) is 11.6 Å². The second-order valence-electron chi connectivity index (χ2n) is 5.56. The first-order chi connectivity index (χ1) is 11.1. The molecule has 2 rings (SSSR count). The zero-order valence-electron chi connectivity index (χ0n) is 14.2. The average Bonchev–Trinajstić information content (AvgIpc) is 3.00. The van der Waals surface area contributed by atoms with Gasteiger partial charge in [0.2, 0.25) is 0 Å². The van der Waals surface area contributed by atoms with E-state index in [1.807, 2.05) is 24.3 Å². The van der Waals surface area contributed by atoms with Crippen molar-refractivity contribution >= 4 is 52.9 Å². The van der Waals surface area contributed by atoms with Gasteiger partial charge in [-0.2, -0.15) is 0 Å². The van der Waals surface area contributed by atoms with E-state index < -0.39 is 0 Å². The number of rotatable bonds is 6. The highest BCUT2D eigenvalue weighted by atomic mass is 127. The fraction of sp³-hybridized carbons (Fsp3) is 0.412. The van der Waals surface area contributed by atoms with Crippen molar-refractivity contribution in [2.24, 2.45) is 4.99 Å². The van der Waals surface area contributed by atoms with Crippen LogP contribution < -0.4 is 10.6 Å². The van der Waals surface area contributed by atoms with Crippen molar-refractivity contribution in [3.63, 3.8) is 0 Å². The molecule has 0 atom stereocenters. The van der Waals surface area contributed by atoms with Crippen molar-refractivity contribution in [1.29, 1.82) is 0 Å². The van der Waals surface area contributed by atoms with Gasteiger partial charge in [0.1, 0.15) is 0 Å². The Morgan fingerprint density at radius 1 is 1.33 bits per heavy atom. The summed E-state index contributed by atoms with van der Waals surface area (Å²) in [7, 11) is 1.77. The minimum absolute atomic E-state index is 0. The maximum atomic E-state index is 5.99. The molecule has 132 valence electrons. The molecule has 0 aliphatic carbocycles. The van der Waals surface area contributed by atoms with Gasteiger partial charge in [0.25, 0.3) is 0 Å². The molecule has 1 aromatic heterocycles. The first-order valence-corrected chi connectivity index (χ1v) is 8.97. The van der Waals surface area contributed by atoms with Gasteiger partial charge < -0.3 is 10.6 Å². The fourth-order valence-corrected chi connectivity index (χ4v) is 3.15. The van der Waals surface area contributed by atoms with Crippen LogP contribution in [-0.4, -0.2) is 24.5 Å². The Bertz CT molecular complexity index is 658. The third-order valence-corrected chi connectivity index (χ3v) is 4.74. The van der Waals surface area contributed by atoms with Gasteiger partial charge in [-0.15, -0.1) is 35.3 Å². The minimum atomic E-state index is 0. The summed E-state index contributed by atoms with van der Waals surface area (Å²) in [6.07, 6.45) is 0.890. The zero-order valence-corrected chi connectivity index (χ0v) is 18.1. The van der Waals surface area contributed by atoms with E-state index in [1.165, 1.54) is 5.01 Å². The van der Waals surface area contributed by atoms with Crippen LogP contribution in [0, 0.1) is 0 Å². The molecule has 0 bridgehead atoms. The summed E-state index contributed by atoms with van der Waals surface area (Å²) in [5, 5.41) is 10.7. The summed E-state index contributed by atoms with van der Waals surface area (Å²) in [5.41, 5.74) is 2.26. The van der Waals surface area contributed by atoms with Crippen LogP contribution in [0.2, 0.25) is 5.02 Å². The second-order valence-corrected chi connectivity index (χ2v) is 6.89. The summed E-state index contributed by atoms with van der Waals surface area (Å²) >= 11 is 7.72. The Balaban J connectivity index is 0.00000288. The van der Waals surface area contributed by atoms with Gasteiger partial charge >= 0.3 is 0 Å². The van der Waals surface area contributed by atoms with Gasteiger partial charge in [-0.25, -0.2) is 4.98 Å². The highest BCUT2D eigenvalue weighted by Gasteiger charge is 2.06. The lowest BCUT2D eigenvalue weighted by Crippen LogP contribution is -2.37. The van der Waals surface area contributed by atoms with Crippen molar-refractivity contribution < 1.29 is 0 Å². The Morgan fingerprint density at radius 2 is 2.12 bits per heavy atom. The van der Waals surface area contributed by atoms with E-state index in [-0.39, 0.29) is 24.0 Å². The van der Waals surface area contributed by atoms with E-state index in [2.05, 4.69) is 39.8 Å². The molecule has 1 aromatic carbocycles. The number of thiazole rings is 1. The molecule has 0 spiro atoms. The predicted octanol–water partition coefficient (Wildman–Crippen LogP) is 4.45. The zero-order chi connectivity index (χ0) is 16.7. The lowest BCUT2D eigenvalue weighted by atomic mass is 10.2. The SMILES string of the molecule is CN=C(NCCc1csc(C(C)C)n1)NCc1cccc(Cl)c1.I. The third kappa shape index (κ3) is 6.94. The van der Waals surface area contributed by atoms with E-state index in [1.54, 1.807) is 18.4 Å². The summed E-state index contributed by atoms with van der Waals surface area (Å²) < 4.78 is 0. The molecule has 0 fully saturated rings. The number of hydrogen-bond acceptors (Lipinski definition) is 3. The number of aliphatic imine (C=N–C) groups is 1. The number of nitrogens with one attached hydrogen (secondary N) is 2. The van der Waals surface area contributed by atoms with Gasteiger partial charge in [0.05, 0.1) is 10.7 Å². The van der Waals surface area contributed by atoms with Crippen molar-refractivity contribution in [3.05, 3.63) is 50.9 Å². The van der Waals surface area contributed by atoms with E-state index >= 15 is 0 Å². The smallest absolute Gasteiger partial charge is 0.191 e. The minimum Gasteiger partial charge on any atom is -0.356 e. The third-order valence-electron chi connectivity index (χ3n) is 3.31. The van der Waals surface area contributed by atoms with Gasteiger partial charge in [-0.3, -0.25) is 4.99 Å². The second kappa shape index (κ2) is 10.9. The van der Waals surface area contributed by atoms with E-state index in [9.17, 15) is 0 Å². The molecular weight excluding hydrogens is 455 g/mol. The lowest BCUT2D eigenvalue weighted by molar-refractivity contribution is 0.777. The van der Waals surface area contributed by atoms with Crippen LogP contribution in [0.25, 0.3) is 0 Å². The van der Waals surface area contributed by atoms with Crippen molar-refractivity contribution in [2.45, 2.75) is 32.7 Å². The van der Waals surface area contributed by atoms with Crippen molar-refractivity contribution in [3.8, 4) is 0 Å². The standard InChI is InChI=1S/C17H23ClN4S.HI/c1-12(2)16-22-15(11-23-16)7-8-20-17(19-3)21-10-13-5-4-6-14(18)9-13;/h4-6,9,11-12H,7-8,10H2,1-3H3,(H2,19,20,21);1H. The van der Waals surface area contributed by atoms with Gasteiger partial charge in [0, 0.05) is 42.9 Å². The largest absolute Gasteiger partial charge is 0.356 e. The van der Waals surface area contributed by atoms with Crippen LogP contribution in [0.5, 0.6) is 0 Å². The molecule has 2 aromatic rings. The van der Waals surface area contributed by atoms with Gasteiger partial charge in [0.15, 0.2) is 5.96 Å². The summed E-state index contributed by atoms with van der Waals surface area (Å²) in [4.78, 5) is 8.87. The van der Waals surface area contributed by atoms with Crippen molar-refractivity contribution in [2.75, 3.05) is 13.6 Å². The highest BCUT2D eigenvalue weighted by molar-refractivity contribution is 14.0. The molecule has 4 nitrogen and oxygen atoms in total. The maximum Gasteiger partial charge on any atom is 0.191 e. The molecule has 24 heavy (non-hydrogen) atoms. The molecule has 7 heteroatoms. The number of nitrogens with zero attached hydrogens (tertiary/aromatic N) is 2. The molecule has 0 aliphatic rings. The van der Waals surface area contributed by atoms with Crippen LogP contribution in [-0.2, 0) is 13.0 Å². The number of benzene rings is 1. The van der Waals surface area contributed by atoms with Gasteiger partial charge in [-0.05, 0) is 17.7 Å². The molecule has 0 aliphatic heterocycles. The number of halogens is 2. The normalized spacial score (nSPS) is 11.3. The Kier molecular flexibility index (Phi) is 9.61. The Morgan fingerprint density at radius 3 is 2.75 bits per heavy atom. The molecule has 0 saturated carbocycles. The van der Waals surface area contributed by atoms with Gasteiger partial charge in [-0.1, -0.05) is 37.6 Å². The Labute approximate surface area is 170 Å². The summed E-state index contributed by atoms with van der Waals surface area (Å²) in [6, 6.07) is 7.81. The number of aromatic nitrogens is 1. The molecule has 0 amide bonds. The summed E-state index contributed by atoms with van der Waals surface area (Å²) in [6.45, 7) is 5.83. The van der Waals surface area contributed by atoms with Crippen LogP contribution in [0.1, 0.15) is 36.0 Å². The van der Waals surface area contributed by atoms with E-state index in [0.717, 1.165) is 35.2 Å². The number of hydrogen-bond donors (Lipinski definition) is 2. The predicted molar refractivity (Wildman–Crippen MR) is 115 cm³/mol. The summed E-state index contributed by atoms with van der Waals surface area (Å²) in [5.74, 6) is 1.28. The monoisotopic (exact) mass is 478 g/mol. The van der Waals surface area contributed by atoms with Crippen LogP contribution in [0.4, 0.5) is 0 Å². The molecule has 1 heterocycles. The van der Waals surface area contributed by atoms with Crippen LogP contribution in [0.15, 0.2) is 34.6 Å². The molecular formula is C17H24ClIN4S. The quantitative estimate of drug-likeness (QED) is 0.366. The average molecular weight is 479 g/mol. The molecule has 0 unspecified atom stereocenters. The molecule has 0 saturated heterocycles. The highest BCUT2D eigenvalue weighted by Crippen LogP contribution is 2.19. The van der Waals surface area contributed by atoms with Crippen LogP contribution >= 0.6 is 46.9 Å². The molecule has 0 radical (unpaired) electrons. The van der Waals surface area contributed by atoms with E-state index in [0.29, 0.717) is 12.5 Å². The fourth-order valence-electron chi connectivity index (χ4n) is 2.06. The topological polar surface area (TPSA) is 49.3 Å².